The Kier molecular flexibility index (Phi) is 3.03. The van der Waals surface area contributed by atoms with E-state index in [-0.39, 0.29) is 11.8 Å². The Morgan fingerprint density at radius 2 is 2.10 bits per heavy atom. The number of likely N-dealkylation sites (tertiary alicyclic amines) is 1. The minimum Gasteiger partial charge on any atom is -0.480 e. The number of aliphatic carboxylic acids is 1. The van der Waals surface area contributed by atoms with Crippen molar-refractivity contribution in [1.29, 1.82) is 0 Å². The van der Waals surface area contributed by atoms with Gasteiger partial charge in [-0.3, -0.25) is 4.79 Å². The Morgan fingerprint density at radius 1 is 1.35 bits per heavy atom. The van der Waals surface area contributed by atoms with E-state index < -0.39 is 12.0 Å². The summed E-state index contributed by atoms with van der Waals surface area (Å²) in [6.45, 7) is 3.92. The number of aryl methyl sites for hydroxylation is 2. The second-order valence-corrected chi connectivity index (χ2v) is 5.79. The molecule has 1 amide bonds. The zero-order chi connectivity index (χ0) is 14.4. The number of hydrogen-bond acceptors (Lipinski definition) is 4. The molecule has 0 spiro atoms. The van der Waals surface area contributed by atoms with Crippen LogP contribution in [0.15, 0.2) is 4.52 Å². The van der Waals surface area contributed by atoms with Crippen LogP contribution in [0, 0.1) is 25.7 Å². The monoisotopic (exact) mass is 278 g/mol. The first kappa shape index (κ1) is 13.1. The summed E-state index contributed by atoms with van der Waals surface area (Å²) in [5.41, 5.74) is 0.935. The van der Waals surface area contributed by atoms with Gasteiger partial charge in [-0.15, -0.1) is 0 Å². The second-order valence-electron chi connectivity index (χ2n) is 5.79. The van der Waals surface area contributed by atoms with Crippen molar-refractivity contribution in [2.45, 2.75) is 39.2 Å². The van der Waals surface area contributed by atoms with Gasteiger partial charge in [0, 0.05) is 6.54 Å². The summed E-state index contributed by atoms with van der Waals surface area (Å²) < 4.78 is 5.02. The molecule has 3 atom stereocenters. The van der Waals surface area contributed by atoms with E-state index in [2.05, 4.69) is 5.16 Å². The number of rotatable bonds is 2. The predicted molar refractivity (Wildman–Crippen MR) is 69.3 cm³/mol. The summed E-state index contributed by atoms with van der Waals surface area (Å²) in [7, 11) is 0. The molecule has 3 unspecified atom stereocenters. The quantitative estimate of drug-likeness (QED) is 0.888. The highest BCUT2D eigenvalue weighted by Crippen LogP contribution is 2.43. The van der Waals surface area contributed by atoms with Crippen molar-refractivity contribution in [2.75, 3.05) is 6.54 Å². The molecule has 20 heavy (non-hydrogen) atoms. The van der Waals surface area contributed by atoms with Crippen LogP contribution in [0.3, 0.4) is 0 Å². The number of carbonyl (C=O) groups excluding carboxylic acids is 1. The van der Waals surface area contributed by atoms with Gasteiger partial charge in [-0.25, -0.2) is 4.79 Å². The predicted octanol–water partition coefficient (Wildman–Crippen LogP) is 1.62. The molecule has 0 radical (unpaired) electrons. The van der Waals surface area contributed by atoms with Crippen molar-refractivity contribution in [3.63, 3.8) is 0 Å². The molecular weight excluding hydrogens is 260 g/mol. The molecule has 1 aromatic rings. The zero-order valence-corrected chi connectivity index (χ0v) is 11.6. The number of fused-ring (bicyclic) bond motifs is 1. The third-order valence-electron chi connectivity index (χ3n) is 4.65. The highest BCUT2D eigenvalue weighted by Gasteiger charge is 2.50. The standard InChI is InChI=1S/C14H18N2O4/c1-7-11(8(2)20-15-7)13(17)16-6-9-4-3-5-10(9)12(16)14(18)19/h9-10,12H,3-6H2,1-2H3,(H,18,19). The molecule has 1 aromatic heterocycles. The molecule has 1 N–H and O–H groups in total. The van der Waals surface area contributed by atoms with Crippen molar-refractivity contribution in [3.05, 3.63) is 17.0 Å². The maximum Gasteiger partial charge on any atom is 0.326 e. The minimum absolute atomic E-state index is 0.0944. The normalized spacial score (nSPS) is 28.7. The Morgan fingerprint density at radius 3 is 2.70 bits per heavy atom. The average Bonchev–Trinajstić information content (AvgIpc) is 3.02. The van der Waals surface area contributed by atoms with Crippen LogP contribution in [0.1, 0.15) is 41.1 Å². The van der Waals surface area contributed by atoms with Gasteiger partial charge in [0.05, 0.1) is 5.69 Å². The molecule has 6 heteroatoms. The Labute approximate surface area is 116 Å². The van der Waals surface area contributed by atoms with Crippen molar-refractivity contribution in [1.82, 2.24) is 10.1 Å². The zero-order valence-electron chi connectivity index (χ0n) is 11.6. The number of nitrogens with zero attached hydrogens (tertiary/aromatic N) is 2. The van der Waals surface area contributed by atoms with E-state index in [0.29, 0.717) is 29.5 Å². The van der Waals surface area contributed by atoms with Crippen LogP contribution in [0.4, 0.5) is 0 Å². The average molecular weight is 278 g/mol. The number of aromatic nitrogens is 1. The van der Waals surface area contributed by atoms with Gasteiger partial charge in [0.15, 0.2) is 0 Å². The van der Waals surface area contributed by atoms with Crippen molar-refractivity contribution in [2.24, 2.45) is 11.8 Å². The van der Waals surface area contributed by atoms with Gasteiger partial charge in [-0.05, 0) is 38.5 Å². The SMILES string of the molecule is Cc1noc(C)c1C(=O)N1CC2CCCC2C1C(=O)O. The van der Waals surface area contributed by atoms with Crippen LogP contribution in [0.5, 0.6) is 0 Å². The fraction of sp³-hybridized carbons (Fsp3) is 0.643. The molecule has 6 nitrogen and oxygen atoms in total. The molecule has 1 aliphatic carbocycles. The number of carboxylic acid groups (broad SMARTS) is 1. The van der Waals surface area contributed by atoms with Gasteiger partial charge in [0.2, 0.25) is 0 Å². The summed E-state index contributed by atoms with van der Waals surface area (Å²) in [6.07, 6.45) is 2.97. The lowest BCUT2D eigenvalue weighted by Crippen LogP contribution is -2.43. The van der Waals surface area contributed by atoms with Gasteiger partial charge in [-0.1, -0.05) is 11.6 Å². The van der Waals surface area contributed by atoms with E-state index in [9.17, 15) is 14.7 Å². The van der Waals surface area contributed by atoms with Gasteiger partial charge in [-0.2, -0.15) is 0 Å². The molecule has 2 fully saturated rings. The first-order chi connectivity index (χ1) is 9.50. The maximum absolute atomic E-state index is 12.7. The highest BCUT2D eigenvalue weighted by molar-refractivity contribution is 5.98. The van der Waals surface area contributed by atoms with Gasteiger partial charge in [0.1, 0.15) is 17.4 Å². The van der Waals surface area contributed by atoms with E-state index in [1.165, 1.54) is 4.90 Å². The van der Waals surface area contributed by atoms with E-state index in [1.54, 1.807) is 13.8 Å². The van der Waals surface area contributed by atoms with Crippen LogP contribution in [0.25, 0.3) is 0 Å². The van der Waals surface area contributed by atoms with Gasteiger partial charge < -0.3 is 14.5 Å². The number of amides is 1. The third kappa shape index (κ3) is 1.82. The Balaban J connectivity index is 1.93. The molecule has 2 heterocycles. The lowest BCUT2D eigenvalue weighted by atomic mass is 9.94. The molecule has 1 saturated carbocycles. The molecule has 1 saturated heterocycles. The number of carbonyl (C=O) groups is 2. The van der Waals surface area contributed by atoms with Gasteiger partial charge >= 0.3 is 5.97 Å². The lowest BCUT2D eigenvalue weighted by Gasteiger charge is -2.24. The van der Waals surface area contributed by atoms with Crippen LogP contribution < -0.4 is 0 Å². The topological polar surface area (TPSA) is 83.6 Å². The summed E-state index contributed by atoms with van der Waals surface area (Å²) in [5.74, 6) is -0.297. The fourth-order valence-corrected chi connectivity index (χ4v) is 3.76. The third-order valence-corrected chi connectivity index (χ3v) is 4.65. The van der Waals surface area contributed by atoms with Crippen LogP contribution in [-0.2, 0) is 4.79 Å². The summed E-state index contributed by atoms with van der Waals surface area (Å²) >= 11 is 0. The minimum atomic E-state index is -0.903. The van der Waals surface area contributed by atoms with Crippen LogP contribution >= 0.6 is 0 Å². The Bertz CT molecular complexity index is 546. The van der Waals surface area contributed by atoms with Crippen molar-refractivity contribution >= 4 is 11.9 Å². The maximum atomic E-state index is 12.7. The van der Waals surface area contributed by atoms with E-state index in [0.717, 1.165) is 19.3 Å². The molecule has 2 aliphatic rings. The van der Waals surface area contributed by atoms with E-state index in [1.807, 2.05) is 0 Å². The van der Waals surface area contributed by atoms with Crippen molar-refractivity contribution < 1.29 is 19.2 Å². The largest absolute Gasteiger partial charge is 0.480 e. The summed E-state index contributed by atoms with van der Waals surface area (Å²) in [6, 6.07) is -0.705. The highest BCUT2D eigenvalue weighted by atomic mass is 16.5. The molecule has 0 bridgehead atoms. The molecule has 108 valence electrons. The Hall–Kier alpha value is -1.85. The van der Waals surface area contributed by atoms with Crippen molar-refractivity contribution in [3.8, 4) is 0 Å². The van der Waals surface area contributed by atoms with Crippen LogP contribution in [-0.4, -0.2) is 39.6 Å². The van der Waals surface area contributed by atoms with Gasteiger partial charge in [0.25, 0.3) is 5.91 Å². The fourth-order valence-electron chi connectivity index (χ4n) is 3.76. The molecule has 0 aromatic carbocycles. The number of hydrogen-bond donors (Lipinski definition) is 1. The van der Waals surface area contributed by atoms with E-state index in [4.69, 9.17) is 4.52 Å². The first-order valence-electron chi connectivity index (χ1n) is 6.97. The van der Waals surface area contributed by atoms with E-state index >= 15 is 0 Å². The second kappa shape index (κ2) is 4.61. The number of carboxylic acids is 1. The molecule has 1 aliphatic heterocycles. The van der Waals surface area contributed by atoms with Crippen LogP contribution in [0.2, 0.25) is 0 Å². The smallest absolute Gasteiger partial charge is 0.326 e. The molecular formula is C14H18N2O4. The first-order valence-corrected chi connectivity index (χ1v) is 6.97. The summed E-state index contributed by atoms with van der Waals surface area (Å²) in [4.78, 5) is 25.7. The summed E-state index contributed by atoms with van der Waals surface area (Å²) in [5, 5.41) is 13.3. The lowest BCUT2D eigenvalue weighted by molar-refractivity contribution is -0.142. The molecule has 3 rings (SSSR count).